The third-order valence-corrected chi connectivity index (χ3v) is 5.53. The molecular weight excluding hydrogens is 334 g/mol. The van der Waals surface area contributed by atoms with E-state index >= 15 is 0 Å². The zero-order valence-corrected chi connectivity index (χ0v) is 12.7. The van der Waals surface area contributed by atoms with Crippen molar-refractivity contribution in [2.45, 2.75) is 17.7 Å². The second-order valence-corrected chi connectivity index (χ2v) is 7.41. The molecule has 0 spiro atoms. The number of rotatable bonds is 3. The van der Waals surface area contributed by atoms with Gasteiger partial charge in [0, 0.05) is 30.4 Å². The van der Waals surface area contributed by atoms with Crippen molar-refractivity contribution in [1.29, 1.82) is 0 Å². The zero-order chi connectivity index (χ0) is 14.0. The Kier molecular flexibility index (Phi) is 4.44. The molecule has 0 saturated carbocycles. The second kappa shape index (κ2) is 5.74. The van der Waals surface area contributed by atoms with E-state index in [1.165, 1.54) is 16.6 Å². The van der Waals surface area contributed by atoms with Gasteiger partial charge in [-0.05, 0) is 40.8 Å². The number of hydrogen-bond acceptors (Lipinski definition) is 5. The number of nitrogens with zero attached hydrogens (tertiary/aromatic N) is 2. The molecule has 0 amide bonds. The predicted molar refractivity (Wildman–Crippen MR) is 74.9 cm³/mol. The molecule has 106 valence electrons. The number of nitrogen functional groups attached to an aromatic ring is 1. The number of pyridine rings is 1. The third-order valence-electron chi connectivity index (χ3n) is 3.21. The molecule has 1 aliphatic heterocycles. The van der Waals surface area contributed by atoms with Crippen LogP contribution in [0.1, 0.15) is 12.8 Å². The van der Waals surface area contributed by atoms with Crippen molar-refractivity contribution in [3.63, 3.8) is 0 Å². The standard InChI is InChI=1S/C11H16BrN3O3S/c12-9-4-10(11(13)14-5-9)19(17,18)15-3-1-2-8(6-15)7-16/h4-5,8,16H,1-3,6-7H2,(H2,13,14). The Hall–Kier alpha value is -0.700. The highest BCUT2D eigenvalue weighted by Gasteiger charge is 2.31. The number of piperidine rings is 1. The summed E-state index contributed by atoms with van der Waals surface area (Å²) in [6.45, 7) is 0.772. The number of halogens is 1. The summed E-state index contributed by atoms with van der Waals surface area (Å²) in [4.78, 5) is 3.87. The van der Waals surface area contributed by atoms with Crippen LogP contribution in [0.15, 0.2) is 21.6 Å². The SMILES string of the molecule is Nc1ncc(Br)cc1S(=O)(=O)N1CCCC(CO)C1. The van der Waals surface area contributed by atoms with Gasteiger partial charge in [0.1, 0.15) is 10.7 Å². The lowest BCUT2D eigenvalue weighted by molar-refractivity contribution is 0.165. The average Bonchev–Trinajstić information content (AvgIpc) is 2.41. The fraction of sp³-hybridized carbons (Fsp3) is 0.545. The van der Waals surface area contributed by atoms with Crippen LogP contribution < -0.4 is 5.73 Å². The van der Waals surface area contributed by atoms with Crippen LogP contribution in [0.4, 0.5) is 5.82 Å². The van der Waals surface area contributed by atoms with Gasteiger partial charge in [-0.2, -0.15) is 4.31 Å². The minimum absolute atomic E-state index is 0.00175. The molecule has 0 radical (unpaired) electrons. The van der Waals surface area contributed by atoms with Crippen LogP contribution in [0.5, 0.6) is 0 Å². The molecular formula is C11H16BrN3O3S. The summed E-state index contributed by atoms with van der Waals surface area (Å²) in [7, 11) is -3.65. The van der Waals surface area contributed by atoms with Crippen molar-refractivity contribution in [2.24, 2.45) is 5.92 Å². The van der Waals surface area contributed by atoms with Crippen LogP contribution in [-0.4, -0.2) is 42.5 Å². The van der Waals surface area contributed by atoms with Gasteiger partial charge in [-0.15, -0.1) is 0 Å². The number of sulfonamides is 1. The molecule has 2 heterocycles. The van der Waals surface area contributed by atoms with Crippen molar-refractivity contribution in [1.82, 2.24) is 9.29 Å². The summed E-state index contributed by atoms with van der Waals surface area (Å²) in [6.07, 6.45) is 3.04. The van der Waals surface area contributed by atoms with Crippen molar-refractivity contribution in [3.05, 3.63) is 16.7 Å². The second-order valence-electron chi connectivity index (χ2n) is 4.59. The Balaban J connectivity index is 2.34. The van der Waals surface area contributed by atoms with Crippen LogP contribution in [0.2, 0.25) is 0 Å². The van der Waals surface area contributed by atoms with Gasteiger partial charge in [0.15, 0.2) is 0 Å². The lowest BCUT2D eigenvalue weighted by Crippen LogP contribution is -2.41. The van der Waals surface area contributed by atoms with Crippen LogP contribution in [0.25, 0.3) is 0 Å². The highest BCUT2D eigenvalue weighted by Crippen LogP contribution is 2.27. The van der Waals surface area contributed by atoms with Gasteiger partial charge in [0.2, 0.25) is 10.0 Å². The minimum Gasteiger partial charge on any atom is -0.396 e. The molecule has 2 rings (SSSR count). The molecule has 8 heteroatoms. The van der Waals surface area contributed by atoms with E-state index < -0.39 is 10.0 Å². The number of anilines is 1. The van der Waals surface area contributed by atoms with Gasteiger partial charge in [-0.1, -0.05) is 0 Å². The first-order valence-corrected chi connectivity index (χ1v) is 8.20. The molecule has 0 bridgehead atoms. The van der Waals surface area contributed by atoms with E-state index in [-0.39, 0.29) is 23.2 Å². The van der Waals surface area contributed by atoms with Gasteiger partial charge in [0.05, 0.1) is 0 Å². The summed E-state index contributed by atoms with van der Waals surface area (Å²) in [6, 6.07) is 1.46. The highest BCUT2D eigenvalue weighted by atomic mass is 79.9. The van der Waals surface area contributed by atoms with Crippen molar-refractivity contribution in [3.8, 4) is 0 Å². The topological polar surface area (TPSA) is 96.5 Å². The molecule has 1 fully saturated rings. The van der Waals surface area contributed by atoms with Gasteiger partial charge in [0.25, 0.3) is 0 Å². The van der Waals surface area contributed by atoms with E-state index in [1.807, 2.05) is 0 Å². The molecule has 6 nitrogen and oxygen atoms in total. The zero-order valence-electron chi connectivity index (χ0n) is 10.3. The fourth-order valence-corrected chi connectivity index (χ4v) is 4.30. The number of aliphatic hydroxyl groups is 1. The first-order valence-electron chi connectivity index (χ1n) is 5.97. The molecule has 1 unspecified atom stereocenters. The summed E-state index contributed by atoms with van der Waals surface area (Å²) in [5.41, 5.74) is 5.66. The van der Waals surface area contributed by atoms with Gasteiger partial charge < -0.3 is 10.8 Å². The first kappa shape index (κ1) is 14.7. The Labute approximate surface area is 120 Å². The van der Waals surface area contributed by atoms with Gasteiger partial charge in [-0.3, -0.25) is 0 Å². The van der Waals surface area contributed by atoms with Crippen molar-refractivity contribution < 1.29 is 13.5 Å². The maximum atomic E-state index is 12.5. The van der Waals surface area contributed by atoms with E-state index in [0.717, 1.165) is 12.8 Å². The quantitative estimate of drug-likeness (QED) is 0.841. The van der Waals surface area contributed by atoms with Crippen LogP contribution in [0.3, 0.4) is 0 Å². The average molecular weight is 350 g/mol. The Bertz CT molecular complexity index is 564. The number of aromatic nitrogens is 1. The number of aliphatic hydroxyl groups excluding tert-OH is 1. The van der Waals surface area contributed by atoms with Crippen LogP contribution >= 0.6 is 15.9 Å². The predicted octanol–water partition coefficient (Wildman–Crippen LogP) is 0.819. The fourth-order valence-electron chi connectivity index (χ4n) is 2.17. The highest BCUT2D eigenvalue weighted by molar-refractivity contribution is 9.10. The molecule has 19 heavy (non-hydrogen) atoms. The van der Waals surface area contributed by atoms with E-state index in [0.29, 0.717) is 17.6 Å². The van der Waals surface area contributed by atoms with Crippen LogP contribution in [-0.2, 0) is 10.0 Å². The minimum atomic E-state index is -3.65. The van der Waals surface area contributed by atoms with Crippen molar-refractivity contribution >= 4 is 31.8 Å². The van der Waals surface area contributed by atoms with E-state index in [4.69, 9.17) is 5.73 Å². The summed E-state index contributed by atoms with van der Waals surface area (Å²) in [5.74, 6) is -0.0146. The molecule has 0 aliphatic carbocycles. The molecule has 1 atom stereocenters. The monoisotopic (exact) mass is 349 g/mol. The largest absolute Gasteiger partial charge is 0.396 e. The molecule has 1 saturated heterocycles. The maximum absolute atomic E-state index is 12.5. The van der Waals surface area contributed by atoms with E-state index in [1.54, 1.807) is 0 Å². The van der Waals surface area contributed by atoms with E-state index in [2.05, 4.69) is 20.9 Å². The number of nitrogens with two attached hydrogens (primary N) is 1. The molecule has 1 aromatic heterocycles. The van der Waals surface area contributed by atoms with Gasteiger partial charge >= 0.3 is 0 Å². The van der Waals surface area contributed by atoms with Crippen LogP contribution in [0, 0.1) is 5.92 Å². The Morgan fingerprint density at radius 3 is 3.00 bits per heavy atom. The maximum Gasteiger partial charge on any atom is 0.246 e. The summed E-state index contributed by atoms with van der Waals surface area (Å²) >= 11 is 3.20. The summed E-state index contributed by atoms with van der Waals surface area (Å²) in [5, 5.41) is 9.18. The van der Waals surface area contributed by atoms with E-state index in [9.17, 15) is 13.5 Å². The molecule has 3 N–H and O–H groups in total. The Morgan fingerprint density at radius 2 is 2.32 bits per heavy atom. The molecule has 0 aromatic carbocycles. The third kappa shape index (κ3) is 3.07. The van der Waals surface area contributed by atoms with Crippen molar-refractivity contribution in [2.75, 3.05) is 25.4 Å². The normalized spacial score (nSPS) is 21.5. The first-order chi connectivity index (χ1) is 8.95. The Morgan fingerprint density at radius 1 is 1.58 bits per heavy atom. The lowest BCUT2D eigenvalue weighted by Gasteiger charge is -2.31. The molecule has 1 aromatic rings. The van der Waals surface area contributed by atoms with Gasteiger partial charge in [-0.25, -0.2) is 13.4 Å². The summed E-state index contributed by atoms with van der Waals surface area (Å²) < 4.78 is 27.0. The smallest absolute Gasteiger partial charge is 0.246 e. The lowest BCUT2D eigenvalue weighted by atomic mass is 10.0. The molecule has 1 aliphatic rings. The number of hydrogen-bond donors (Lipinski definition) is 2.